The molecule has 0 spiro atoms. The zero-order valence-corrected chi connectivity index (χ0v) is 6.00. The lowest BCUT2D eigenvalue weighted by molar-refractivity contribution is 0.457. The standard InChI is InChI=1S/C5H7BrN2/c6-4-8-3-1-2-7-5-8/h1-3H,4-5H2. The van der Waals surface area contributed by atoms with Gasteiger partial charge in [-0.3, -0.25) is 4.99 Å². The summed E-state index contributed by atoms with van der Waals surface area (Å²) in [6.07, 6.45) is 5.73. The van der Waals surface area contributed by atoms with Crippen molar-refractivity contribution >= 4 is 22.1 Å². The van der Waals surface area contributed by atoms with E-state index >= 15 is 0 Å². The molecule has 1 aliphatic heterocycles. The summed E-state index contributed by atoms with van der Waals surface area (Å²) >= 11 is 3.31. The highest BCUT2D eigenvalue weighted by Crippen LogP contribution is 1.97. The van der Waals surface area contributed by atoms with Crippen molar-refractivity contribution in [3.63, 3.8) is 0 Å². The van der Waals surface area contributed by atoms with Gasteiger partial charge in [-0.05, 0) is 6.08 Å². The van der Waals surface area contributed by atoms with E-state index in [-0.39, 0.29) is 0 Å². The van der Waals surface area contributed by atoms with Crippen LogP contribution in [0.2, 0.25) is 0 Å². The fourth-order valence-corrected chi connectivity index (χ4v) is 0.824. The first-order valence-corrected chi connectivity index (χ1v) is 3.52. The summed E-state index contributed by atoms with van der Waals surface area (Å²) in [5, 5.41) is 0. The Bertz CT molecular complexity index is 120. The molecule has 0 aliphatic carbocycles. The largest absolute Gasteiger partial charge is 0.348 e. The predicted octanol–water partition coefficient (Wildman–Crippen LogP) is 1.20. The lowest BCUT2D eigenvalue weighted by Crippen LogP contribution is -2.16. The van der Waals surface area contributed by atoms with E-state index in [1.165, 1.54) is 0 Å². The lowest BCUT2D eigenvalue weighted by atomic mass is 10.6. The number of nitrogens with zero attached hydrogens (tertiary/aromatic N) is 2. The normalized spacial score (nSPS) is 17.4. The predicted molar refractivity (Wildman–Crippen MR) is 38.1 cm³/mol. The third-order valence-electron chi connectivity index (χ3n) is 0.905. The van der Waals surface area contributed by atoms with Crippen LogP contribution in [-0.2, 0) is 0 Å². The van der Waals surface area contributed by atoms with Gasteiger partial charge in [0.05, 0.1) is 5.45 Å². The van der Waals surface area contributed by atoms with E-state index in [9.17, 15) is 0 Å². The number of alkyl halides is 1. The Balaban J connectivity index is 2.40. The Morgan fingerprint density at radius 3 is 3.00 bits per heavy atom. The van der Waals surface area contributed by atoms with Gasteiger partial charge in [-0.25, -0.2) is 0 Å². The highest BCUT2D eigenvalue weighted by Gasteiger charge is 1.93. The number of aliphatic imine (C=N–C) groups is 1. The van der Waals surface area contributed by atoms with Crippen molar-refractivity contribution in [2.75, 3.05) is 12.1 Å². The van der Waals surface area contributed by atoms with E-state index in [0.717, 1.165) is 12.1 Å². The second-order valence-corrected chi connectivity index (χ2v) is 2.02. The molecule has 0 fully saturated rings. The van der Waals surface area contributed by atoms with Crippen LogP contribution in [-0.4, -0.2) is 23.2 Å². The lowest BCUT2D eigenvalue weighted by Gasteiger charge is -2.15. The van der Waals surface area contributed by atoms with Crippen molar-refractivity contribution in [1.82, 2.24) is 4.90 Å². The molecule has 8 heavy (non-hydrogen) atoms. The second kappa shape index (κ2) is 2.87. The van der Waals surface area contributed by atoms with Gasteiger partial charge in [0.1, 0.15) is 6.67 Å². The number of allylic oxidation sites excluding steroid dienone is 1. The van der Waals surface area contributed by atoms with Crippen LogP contribution in [0.3, 0.4) is 0 Å². The van der Waals surface area contributed by atoms with Crippen molar-refractivity contribution in [2.24, 2.45) is 4.99 Å². The van der Waals surface area contributed by atoms with Crippen LogP contribution in [0.1, 0.15) is 0 Å². The van der Waals surface area contributed by atoms with Crippen LogP contribution >= 0.6 is 15.9 Å². The van der Waals surface area contributed by atoms with Gasteiger partial charge in [0, 0.05) is 12.4 Å². The fourth-order valence-electron chi connectivity index (χ4n) is 0.498. The maximum Gasteiger partial charge on any atom is 0.110 e. The molecule has 2 nitrogen and oxygen atoms in total. The Morgan fingerprint density at radius 1 is 1.75 bits per heavy atom. The second-order valence-electron chi connectivity index (χ2n) is 1.52. The summed E-state index contributed by atoms with van der Waals surface area (Å²) in [5.74, 6) is 0. The molecule has 0 saturated heterocycles. The molecule has 0 unspecified atom stereocenters. The molecule has 0 bridgehead atoms. The van der Waals surface area contributed by atoms with Gasteiger partial charge in [-0.15, -0.1) is 0 Å². The first-order valence-electron chi connectivity index (χ1n) is 2.40. The summed E-state index contributed by atoms with van der Waals surface area (Å²) in [6.45, 7) is 0.780. The zero-order valence-electron chi connectivity index (χ0n) is 4.42. The van der Waals surface area contributed by atoms with Gasteiger partial charge in [-0.1, -0.05) is 15.9 Å². The van der Waals surface area contributed by atoms with Crippen molar-refractivity contribution in [2.45, 2.75) is 0 Å². The summed E-state index contributed by atoms with van der Waals surface area (Å²) in [5.41, 5.74) is 0.862. The summed E-state index contributed by atoms with van der Waals surface area (Å²) in [6, 6.07) is 0. The van der Waals surface area contributed by atoms with Gasteiger partial charge < -0.3 is 4.90 Å². The topological polar surface area (TPSA) is 15.6 Å². The highest BCUT2D eigenvalue weighted by molar-refractivity contribution is 9.09. The minimum absolute atomic E-state index is 0.780. The van der Waals surface area contributed by atoms with E-state index < -0.39 is 0 Å². The quantitative estimate of drug-likeness (QED) is 0.431. The van der Waals surface area contributed by atoms with E-state index in [1.807, 2.05) is 12.3 Å². The van der Waals surface area contributed by atoms with Crippen molar-refractivity contribution in [1.29, 1.82) is 0 Å². The average molecular weight is 175 g/mol. The van der Waals surface area contributed by atoms with Crippen LogP contribution in [0, 0.1) is 0 Å². The molecule has 0 aromatic heterocycles. The molecule has 0 N–H and O–H groups in total. The molecule has 1 rings (SSSR count). The van der Waals surface area contributed by atoms with Crippen molar-refractivity contribution in [3.8, 4) is 0 Å². The third-order valence-corrected chi connectivity index (χ3v) is 1.55. The maximum absolute atomic E-state index is 4.01. The van der Waals surface area contributed by atoms with Gasteiger partial charge >= 0.3 is 0 Å². The van der Waals surface area contributed by atoms with E-state index in [4.69, 9.17) is 0 Å². The Labute approximate surface area is 57.0 Å². The third kappa shape index (κ3) is 1.33. The minimum Gasteiger partial charge on any atom is -0.348 e. The monoisotopic (exact) mass is 174 g/mol. The molecule has 0 amide bonds. The molecule has 0 radical (unpaired) electrons. The van der Waals surface area contributed by atoms with Crippen molar-refractivity contribution < 1.29 is 0 Å². The molecule has 0 saturated carbocycles. The van der Waals surface area contributed by atoms with E-state index in [1.54, 1.807) is 6.21 Å². The van der Waals surface area contributed by atoms with Crippen LogP contribution in [0.4, 0.5) is 0 Å². The molecular weight excluding hydrogens is 168 g/mol. The molecule has 1 aliphatic rings. The number of halogens is 1. The summed E-state index contributed by atoms with van der Waals surface area (Å²) in [7, 11) is 0. The van der Waals surface area contributed by atoms with Gasteiger partial charge in [0.25, 0.3) is 0 Å². The van der Waals surface area contributed by atoms with Crippen LogP contribution in [0.25, 0.3) is 0 Å². The number of hydrogen-bond acceptors (Lipinski definition) is 2. The average Bonchev–Trinajstić information content (AvgIpc) is 1.90. The van der Waals surface area contributed by atoms with Crippen LogP contribution in [0.15, 0.2) is 17.3 Å². The first-order chi connectivity index (χ1) is 3.93. The summed E-state index contributed by atoms with van der Waals surface area (Å²) < 4.78 is 0. The van der Waals surface area contributed by atoms with Gasteiger partial charge in [-0.2, -0.15) is 0 Å². The SMILES string of the molecule is BrCN1C=CC=NC1. The molecule has 0 aromatic rings. The molecule has 3 heteroatoms. The van der Waals surface area contributed by atoms with Crippen LogP contribution in [0.5, 0.6) is 0 Å². The number of rotatable bonds is 1. The van der Waals surface area contributed by atoms with Gasteiger partial charge in [0.2, 0.25) is 0 Å². The molecule has 0 aromatic carbocycles. The minimum atomic E-state index is 0.780. The molecular formula is C5H7BrN2. The first kappa shape index (κ1) is 5.82. The fraction of sp³-hybridized carbons (Fsp3) is 0.400. The smallest absolute Gasteiger partial charge is 0.110 e. The zero-order chi connectivity index (χ0) is 5.82. The molecule has 0 atom stereocenters. The van der Waals surface area contributed by atoms with E-state index in [0.29, 0.717) is 0 Å². The Hall–Kier alpha value is -0.310. The molecule has 1 heterocycles. The highest BCUT2D eigenvalue weighted by atomic mass is 79.9. The van der Waals surface area contributed by atoms with E-state index in [2.05, 4.69) is 25.8 Å². The summed E-state index contributed by atoms with van der Waals surface area (Å²) in [4.78, 5) is 6.07. The van der Waals surface area contributed by atoms with Gasteiger partial charge in [0.15, 0.2) is 0 Å². The molecule has 44 valence electrons. The maximum atomic E-state index is 4.01. The van der Waals surface area contributed by atoms with Crippen LogP contribution < -0.4 is 0 Å². The van der Waals surface area contributed by atoms with Crippen molar-refractivity contribution in [3.05, 3.63) is 12.3 Å². The Morgan fingerprint density at radius 2 is 2.62 bits per heavy atom. The Kier molecular flexibility index (Phi) is 2.09. The number of hydrogen-bond donors (Lipinski definition) is 0.